The van der Waals surface area contributed by atoms with Crippen molar-refractivity contribution in [3.63, 3.8) is 0 Å². The van der Waals surface area contributed by atoms with Crippen LogP contribution in [-0.4, -0.2) is 35.6 Å². The highest BCUT2D eigenvalue weighted by atomic mass is 16.5. The van der Waals surface area contributed by atoms with E-state index < -0.39 is 0 Å². The molecule has 2 heterocycles. The molecule has 1 fully saturated rings. The van der Waals surface area contributed by atoms with Gasteiger partial charge in [-0.3, -0.25) is 4.79 Å². The van der Waals surface area contributed by atoms with E-state index in [0.29, 0.717) is 17.7 Å². The second-order valence-corrected chi connectivity index (χ2v) is 7.95. The summed E-state index contributed by atoms with van der Waals surface area (Å²) in [5.74, 6) is 1.56. The van der Waals surface area contributed by atoms with E-state index >= 15 is 0 Å². The van der Waals surface area contributed by atoms with E-state index in [9.17, 15) is 4.79 Å². The van der Waals surface area contributed by atoms with Crippen LogP contribution in [0.1, 0.15) is 42.1 Å². The van der Waals surface area contributed by atoms with Gasteiger partial charge in [0.1, 0.15) is 0 Å². The van der Waals surface area contributed by atoms with E-state index in [1.165, 1.54) is 12.0 Å². The van der Waals surface area contributed by atoms with Crippen LogP contribution in [0, 0.1) is 33.6 Å². The number of carbonyl (C=O) groups excluding carboxylic acids is 1. The maximum absolute atomic E-state index is 12.4. The van der Waals surface area contributed by atoms with Crippen molar-refractivity contribution >= 4 is 17.5 Å². The number of aryl methyl sites for hydroxylation is 4. The molecule has 1 atom stereocenters. The topological polar surface area (TPSA) is 67.3 Å². The Kier molecular flexibility index (Phi) is 6.17. The number of nitrogens with one attached hydrogen (secondary N) is 1. The fourth-order valence-electron chi connectivity index (χ4n) is 3.80. The van der Waals surface area contributed by atoms with Crippen molar-refractivity contribution in [2.24, 2.45) is 5.92 Å². The fourth-order valence-corrected chi connectivity index (χ4v) is 3.80. The van der Waals surface area contributed by atoms with Gasteiger partial charge >= 0.3 is 0 Å². The van der Waals surface area contributed by atoms with Crippen LogP contribution >= 0.6 is 0 Å². The van der Waals surface area contributed by atoms with E-state index in [-0.39, 0.29) is 12.5 Å². The molecular weight excluding hydrogens is 352 g/mol. The molecule has 2 aromatic rings. The van der Waals surface area contributed by atoms with Crippen LogP contribution in [0.2, 0.25) is 0 Å². The number of benzene rings is 1. The minimum absolute atomic E-state index is 0.0843. The number of hydrogen-bond donors (Lipinski definition) is 1. The van der Waals surface area contributed by atoms with Gasteiger partial charge in [0.25, 0.3) is 5.91 Å². The Morgan fingerprint density at radius 3 is 2.57 bits per heavy atom. The van der Waals surface area contributed by atoms with Gasteiger partial charge in [-0.15, -0.1) is 0 Å². The first-order chi connectivity index (χ1) is 13.3. The highest BCUT2D eigenvalue weighted by Gasteiger charge is 2.20. The van der Waals surface area contributed by atoms with Gasteiger partial charge in [-0.2, -0.15) is 4.98 Å². The van der Waals surface area contributed by atoms with Crippen molar-refractivity contribution in [1.29, 1.82) is 0 Å². The lowest BCUT2D eigenvalue weighted by molar-refractivity contribution is -0.118. The first kappa shape index (κ1) is 20.1. The lowest BCUT2D eigenvalue weighted by Gasteiger charge is -2.31. The third-order valence-electron chi connectivity index (χ3n) is 5.05. The Morgan fingerprint density at radius 1 is 1.18 bits per heavy atom. The van der Waals surface area contributed by atoms with Crippen molar-refractivity contribution in [2.75, 3.05) is 29.9 Å². The van der Waals surface area contributed by atoms with Gasteiger partial charge in [-0.05, 0) is 57.6 Å². The van der Waals surface area contributed by atoms with Gasteiger partial charge in [0.2, 0.25) is 11.8 Å². The van der Waals surface area contributed by atoms with E-state index in [0.717, 1.165) is 42.0 Å². The maximum atomic E-state index is 12.4. The number of aromatic nitrogens is 2. The van der Waals surface area contributed by atoms with Gasteiger partial charge in [0, 0.05) is 30.5 Å². The molecule has 6 nitrogen and oxygen atoms in total. The molecule has 1 aromatic heterocycles. The van der Waals surface area contributed by atoms with Gasteiger partial charge < -0.3 is 15.0 Å². The summed E-state index contributed by atoms with van der Waals surface area (Å²) < 4.78 is 5.69. The third-order valence-corrected chi connectivity index (χ3v) is 5.05. The number of nitrogens with zero attached hydrogens (tertiary/aromatic N) is 3. The minimum atomic E-state index is -0.195. The lowest BCUT2D eigenvalue weighted by atomic mass is 10.0. The normalized spacial score (nSPS) is 16.8. The monoisotopic (exact) mass is 382 g/mol. The number of anilines is 2. The van der Waals surface area contributed by atoms with E-state index in [1.807, 2.05) is 27.7 Å². The second kappa shape index (κ2) is 8.59. The zero-order valence-electron chi connectivity index (χ0n) is 17.5. The first-order valence-corrected chi connectivity index (χ1v) is 9.93. The molecule has 1 amide bonds. The van der Waals surface area contributed by atoms with Gasteiger partial charge in [-0.1, -0.05) is 24.6 Å². The first-order valence-electron chi connectivity index (χ1n) is 9.93. The quantitative estimate of drug-likeness (QED) is 0.848. The van der Waals surface area contributed by atoms with Crippen molar-refractivity contribution < 1.29 is 9.53 Å². The molecule has 1 aliphatic rings. The van der Waals surface area contributed by atoms with Gasteiger partial charge in [0.05, 0.1) is 0 Å². The molecule has 1 aliphatic heterocycles. The summed E-state index contributed by atoms with van der Waals surface area (Å²) in [6.07, 6.45) is 2.38. The molecule has 0 unspecified atom stereocenters. The molecule has 3 rings (SSSR count). The summed E-state index contributed by atoms with van der Waals surface area (Å²) in [6, 6.07) is 5.89. The Bertz CT molecular complexity index is 843. The zero-order valence-corrected chi connectivity index (χ0v) is 17.5. The third kappa shape index (κ3) is 5.00. The largest absolute Gasteiger partial charge is 0.467 e. The summed E-state index contributed by atoms with van der Waals surface area (Å²) >= 11 is 0. The average molecular weight is 383 g/mol. The predicted octanol–water partition coefficient (Wildman–Crippen LogP) is 3.96. The second-order valence-electron chi connectivity index (χ2n) is 7.95. The number of hydrogen-bond acceptors (Lipinski definition) is 5. The maximum Gasteiger partial charge on any atom is 0.262 e. The summed E-state index contributed by atoms with van der Waals surface area (Å²) in [7, 11) is 0. The van der Waals surface area contributed by atoms with Crippen LogP contribution in [-0.2, 0) is 4.79 Å². The zero-order chi connectivity index (χ0) is 20.3. The number of carbonyl (C=O) groups is 1. The SMILES string of the molecule is Cc1cc(C)c(NC(=O)COc2cc(C)nc(N3CCC[C@H](C)C3)n2)c(C)c1. The Labute approximate surface area is 167 Å². The van der Waals surface area contributed by atoms with Crippen LogP contribution in [0.3, 0.4) is 0 Å². The molecule has 150 valence electrons. The highest BCUT2D eigenvalue weighted by molar-refractivity contribution is 5.93. The van der Waals surface area contributed by atoms with Crippen LogP contribution in [0.15, 0.2) is 18.2 Å². The molecule has 0 bridgehead atoms. The molecule has 0 spiro atoms. The van der Waals surface area contributed by atoms with Gasteiger partial charge in [-0.25, -0.2) is 4.98 Å². The van der Waals surface area contributed by atoms with Crippen LogP contribution in [0.5, 0.6) is 5.88 Å². The van der Waals surface area contributed by atoms with Crippen molar-refractivity contribution in [3.8, 4) is 5.88 Å². The Balaban J connectivity index is 1.65. The predicted molar refractivity (Wildman–Crippen MR) is 112 cm³/mol. The Morgan fingerprint density at radius 2 is 1.89 bits per heavy atom. The smallest absolute Gasteiger partial charge is 0.262 e. The number of rotatable bonds is 5. The summed E-state index contributed by atoms with van der Waals surface area (Å²) in [5.41, 5.74) is 4.96. The highest BCUT2D eigenvalue weighted by Crippen LogP contribution is 2.23. The number of ether oxygens (including phenoxy) is 1. The Hall–Kier alpha value is -2.63. The van der Waals surface area contributed by atoms with Crippen molar-refractivity contribution in [3.05, 3.63) is 40.6 Å². The molecule has 0 saturated carbocycles. The molecule has 0 aliphatic carbocycles. The molecule has 1 N–H and O–H groups in total. The molecule has 28 heavy (non-hydrogen) atoms. The molecule has 6 heteroatoms. The van der Waals surface area contributed by atoms with E-state index in [2.05, 4.69) is 39.2 Å². The minimum Gasteiger partial charge on any atom is -0.467 e. The van der Waals surface area contributed by atoms with Crippen molar-refractivity contribution in [1.82, 2.24) is 9.97 Å². The van der Waals surface area contributed by atoms with Crippen molar-refractivity contribution in [2.45, 2.75) is 47.5 Å². The van der Waals surface area contributed by atoms with Gasteiger partial charge in [0.15, 0.2) is 6.61 Å². The molecule has 1 aromatic carbocycles. The number of amides is 1. The average Bonchev–Trinajstić information content (AvgIpc) is 2.62. The number of piperidine rings is 1. The van der Waals surface area contributed by atoms with E-state index in [4.69, 9.17) is 4.74 Å². The molecular formula is C22H30N4O2. The van der Waals surface area contributed by atoms with Crippen LogP contribution in [0.4, 0.5) is 11.6 Å². The molecule has 1 saturated heterocycles. The van der Waals surface area contributed by atoms with Crippen LogP contribution < -0.4 is 15.0 Å². The fraction of sp³-hybridized carbons (Fsp3) is 0.500. The molecule has 0 radical (unpaired) electrons. The van der Waals surface area contributed by atoms with Crippen LogP contribution in [0.25, 0.3) is 0 Å². The lowest BCUT2D eigenvalue weighted by Crippen LogP contribution is -2.35. The summed E-state index contributed by atoms with van der Waals surface area (Å²) in [5, 5.41) is 2.96. The standard InChI is InChI=1S/C22H30N4O2/c1-14-7-6-8-26(12-14)22-23-18(5)11-20(25-22)28-13-19(27)24-21-16(3)9-15(2)10-17(21)4/h9-11,14H,6-8,12-13H2,1-5H3,(H,24,27)/t14-/m0/s1. The summed E-state index contributed by atoms with van der Waals surface area (Å²) in [6.45, 7) is 12.0. The summed E-state index contributed by atoms with van der Waals surface area (Å²) in [4.78, 5) is 23.7. The van der Waals surface area contributed by atoms with E-state index in [1.54, 1.807) is 6.07 Å².